The van der Waals surface area contributed by atoms with E-state index in [1.54, 1.807) is 18.2 Å². The van der Waals surface area contributed by atoms with Crippen molar-refractivity contribution in [3.63, 3.8) is 0 Å². The lowest BCUT2D eigenvalue weighted by atomic mass is 10.2. The van der Waals surface area contributed by atoms with Crippen LogP contribution in [-0.4, -0.2) is 29.0 Å². The van der Waals surface area contributed by atoms with Crippen LogP contribution in [0.1, 0.15) is 12.5 Å². The summed E-state index contributed by atoms with van der Waals surface area (Å²) in [5, 5.41) is 6.26. The van der Waals surface area contributed by atoms with Crippen LogP contribution < -0.4 is 14.3 Å². The lowest BCUT2D eigenvalue weighted by Gasteiger charge is -2.08. The third-order valence-electron chi connectivity index (χ3n) is 3.99. The number of anilines is 1. The first kappa shape index (κ1) is 23.0. The van der Waals surface area contributed by atoms with Gasteiger partial charge in [-0.1, -0.05) is 18.2 Å². The molecule has 166 valence electrons. The molecule has 0 radical (unpaired) electrons. The van der Waals surface area contributed by atoms with Crippen LogP contribution in [0.3, 0.4) is 0 Å². The van der Waals surface area contributed by atoms with Crippen LogP contribution in [-0.2, 0) is 24.9 Å². The molecule has 0 saturated carbocycles. The molecule has 0 saturated heterocycles. The Labute approximate surface area is 185 Å². The number of nitrogens with one attached hydrogen (secondary N) is 2. The Balaban J connectivity index is 1.64. The molecule has 0 bridgehead atoms. The SMILES string of the molecule is CC(=O)Nc1ccc(S(=O)(=O)Oc2ccc(/C=N\NS(=O)(=O)c3ccccc3)cc2)cc1. The fourth-order valence-corrected chi connectivity index (χ4v) is 4.26. The van der Waals surface area contributed by atoms with Crippen LogP contribution in [0.2, 0.25) is 0 Å². The average molecular weight is 474 g/mol. The molecule has 3 rings (SSSR count). The number of carbonyl (C=O) groups is 1. The third kappa shape index (κ3) is 6.15. The summed E-state index contributed by atoms with van der Waals surface area (Å²) in [6.45, 7) is 1.35. The van der Waals surface area contributed by atoms with Crippen molar-refractivity contribution >= 4 is 38.0 Å². The highest BCUT2D eigenvalue weighted by atomic mass is 32.2. The fourth-order valence-electron chi connectivity index (χ4n) is 2.52. The Morgan fingerprint density at radius 3 is 2.06 bits per heavy atom. The fraction of sp³-hybridized carbons (Fsp3) is 0.0476. The van der Waals surface area contributed by atoms with Gasteiger partial charge < -0.3 is 9.50 Å². The molecule has 0 heterocycles. The van der Waals surface area contributed by atoms with E-state index in [0.717, 1.165) is 0 Å². The Hall–Kier alpha value is -3.70. The molecule has 9 nitrogen and oxygen atoms in total. The number of rotatable bonds is 8. The number of sulfonamides is 1. The molecule has 0 aliphatic rings. The van der Waals surface area contributed by atoms with Gasteiger partial charge in [-0.25, -0.2) is 4.83 Å². The van der Waals surface area contributed by atoms with E-state index in [2.05, 4.69) is 15.2 Å². The van der Waals surface area contributed by atoms with Crippen molar-refractivity contribution < 1.29 is 25.8 Å². The number of hydrogen-bond donors (Lipinski definition) is 2. The molecule has 0 spiro atoms. The van der Waals surface area contributed by atoms with Crippen molar-refractivity contribution in [2.45, 2.75) is 16.7 Å². The minimum atomic E-state index is -4.08. The first-order valence-corrected chi connectivity index (χ1v) is 12.1. The van der Waals surface area contributed by atoms with Gasteiger partial charge in [0.2, 0.25) is 5.91 Å². The summed E-state index contributed by atoms with van der Waals surface area (Å²) >= 11 is 0. The summed E-state index contributed by atoms with van der Waals surface area (Å²) < 4.78 is 54.2. The Morgan fingerprint density at radius 2 is 1.47 bits per heavy atom. The minimum Gasteiger partial charge on any atom is -0.379 e. The molecular formula is C21H19N3O6S2. The zero-order chi connectivity index (χ0) is 23.2. The van der Waals surface area contributed by atoms with Gasteiger partial charge in [0.15, 0.2) is 0 Å². The molecule has 0 aliphatic carbocycles. The summed E-state index contributed by atoms with van der Waals surface area (Å²) in [6, 6.07) is 19.2. The summed E-state index contributed by atoms with van der Waals surface area (Å²) in [4.78, 5) is 13.2. The topological polar surface area (TPSA) is 131 Å². The van der Waals surface area contributed by atoms with Crippen molar-refractivity contribution in [1.29, 1.82) is 0 Å². The van der Waals surface area contributed by atoms with Crippen LogP contribution in [0.15, 0.2) is 93.8 Å². The van der Waals surface area contributed by atoms with Crippen molar-refractivity contribution in [2.24, 2.45) is 5.10 Å². The Morgan fingerprint density at radius 1 is 0.844 bits per heavy atom. The van der Waals surface area contributed by atoms with Gasteiger partial charge in [0.1, 0.15) is 10.6 Å². The predicted molar refractivity (Wildman–Crippen MR) is 119 cm³/mol. The number of hydrazone groups is 1. The number of amides is 1. The van der Waals surface area contributed by atoms with E-state index in [0.29, 0.717) is 11.3 Å². The van der Waals surface area contributed by atoms with Gasteiger partial charge in [-0.05, 0) is 66.2 Å². The van der Waals surface area contributed by atoms with Crippen LogP contribution in [0, 0.1) is 0 Å². The second-order valence-corrected chi connectivity index (χ2v) is 9.69. The quantitative estimate of drug-likeness (QED) is 0.294. The molecule has 0 atom stereocenters. The second kappa shape index (κ2) is 9.62. The summed E-state index contributed by atoms with van der Waals surface area (Å²) in [7, 11) is -7.85. The van der Waals surface area contributed by atoms with Crippen molar-refractivity contribution in [3.05, 3.63) is 84.4 Å². The van der Waals surface area contributed by atoms with Crippen molar-refractivity contribution in [2.75, 3.05) is 5.32 Å². The predicted octanol–water partition coefficient (Wildman–Crippen LogP) is 2.73. The van der Waals surface area contributed by atoms with E-state index >= 15 is 0 Å². The molecule has 0 fully saturated rings. The monoisotopic (exact) mass is 473 g/mol. The largest absolute Gasteiger partial charge is 0.379 e. The molecular weight excluding hydrogens is 454 g/mol. The van der Waals surface area contributed by atoms with Crippen molar-refractivity contribution in [3.8, 4) is 5.75 Å². The van der Waals surface area contributed by atoms with Gasteiger partial charge >= 0.3 is 10.1 Å². The van der Waals surface area contributed by atoms with Gasteiger partial charge in [-0.2, -0.15) is 21.9 Å². The van der Waals surface area contributed by atoms with E-state index < -0.39 is 20.1 Å². The molecule has 1 amide bonds. The normalized spacial score (nSPS) is 11.8. The maximum absolute atomic E-state index is 12.4. The van der Waals surface area contributed by atoms with E-state index in [-0.39, 0.29) is 21.4 Å². The lowest BCUT2D eigenvalue weighted by molar-refractivity contribution is -0.114. The van der Waals surface area contributed by atoms with E-state index in [4.69, 9.17) is 4.18 Å². The smallest absolute Gasteiger partial charge is 0.339 e. The Kier molecular flexibility index (Phi) is 6.91. The van der Waals surface area contributed by atoms with Gasteiger partial charge in [-0.3, -0.25) is 4.79 Å². The lowest BCUT2D eigenvalue weighted by Crippen LogP contribution is -2.18. The molecule has 0 aromatic heterocycles. The maximum atomic E-state index is 12.4. The highest BCUT2D eigenvalue weighted by Crippen LogP contribution is 2.20. The first-order valence-electron chi connectivity index (χ1n) is 9.18. The summed E-state index contributed by atoms with van der Waals surface area (Å²) in [6.07, 6.45) is 1.28. The van der Waals surface area contributed by atoms with Gasteiger partial charge in [0.05, 0.1) is 11.1 Å². The number of carbonyl (C=O) groups excluding carboxylic acids is 1. The zero-order valence-electron chi connectivity index (χ0n) is 16.8. The standard InChI is InChI=1S/C21H19N3O6S2/c1-16(25)23-18-9-13-21(14-10-18)32(28,29)30-19-11-7-17(8-12-19)15-22-24-31(26,27)20-5-3-2-4-6-20/h2-15,24H,1H3,(H,23,25)/b22-15-. The molecule has 0 aliphatic heterocycles. The number of nitrogens with zero attached hydrogens (tertiary/aromatic N) is 1. The van der Waals surface area contributed by atoms with Gasteiger partial charge in [0.25, 0.3) is 10.0 Å². The van der Waals surface area contributed by atoms with Crippen LogP contribution in [0.5, 0.6) is 5.75 Å². The third-order valence-corrected chi connectivity index (χ3v) is 6.49. The summed E-state index contributed by atoms with van der Waals surface area (Å²) in [5.74, 6) is -0.202. The molecule has 2 N–H and O–H groups in total. The zero-order valence-corrected chi connectivity index (χ0v) is 18.4. The van der Waals surface area contributed by atoms with Crippen LogP contribution in [0.25, 0.3) is 0 Å². The van der Waals surface area contributed by atoms with E-state index in [9.17, 15) is 21.6 Å². The molecule has 3 aromatic rings. The van der Waals surface area contributed by atoms with Gasteiger partial charge in [-0.15, -0.1) is 0 Å². The maximum Gasteiger partial charge on any atom is 0.339 e. The minimum absolute atomic E-state index is 0.0675. The average Bonchev–Trinajstić information content (AvgIpc) is 2.75. The Bertz CT molecular complexity index is 1320. The first-order chi connectivity index (χ1) is 15.2. The second-order valence-electron chi connectivity index (χ2n) is 6.48. The number of hydrogen-bond acceptors (Lipinski definition) is 7. The number of benzene rings is 3. The van der Waals surface area contributed by atoms with E-state index in [1.165, 1.54) is 73.8 Å². The van der Waals surface area contributed by atoms with Crippen LogP contribution in [0.4, 0.5) is 5.69 Å². The molecule has 11 heteroatoms. The summed E-state index contributed by atoms with van der Waals surface area (Å²) in [5.41, 5.74) is 0.980. The van der Waals surface area contributed by atoms with E-state index in [1.807, 2.05) is 0 Å². The highest BCUT2D eigenvalue weighted by Gasteiger charge is 2.16. The molecule has 0 unspecified atom stereocenters. The van der Waals surface area contributed by atoms with Gasteiger partial charge in [0, 0.05) is 12.6 Å². The van der Waals surface area contributed by atoms with Crippen molar-refractivity contribution in [1.82, 2.24) is 4.83 Å². The van der Waals surface area contributed by atoms with Crippen LogP contribution >= 0.6 is 0 Å². The molecule has 32 heavy (non-hydrogen) atoms. The highest BCUT2D eigenvalue weighted by molar-refractivity contribution is 7.89. The molecule has 3 aromatic carbocycles.